The Kier molecular flexibility index (Phi) is 11.0. The topological polar surface area (TPSA) is 152 Å². The zero-order valence-electron chi connectivity index (χ0n) is 30.5. The smallest absolute Gasteiger partial charge is 0.269 e. The maximum Gasteiger partial charge on any atom is 0.269 e. The highest BCUT2D eigenvalue weighted by Gasteiger charge is 2.67. The number of anilines is 2. The number of nitro groups is 1. The quantitative estimate of drug-likeness (QED) is 0.0672. The van der Waals surface area contributed by atoms with Crippen molar-refractivity contribution in [3.8, 4) is 5.75 Å². The summed E-state index contributed by atoms with van der Waals surface area (Å²) in [6.45, 7) is 4.81. The van der Waals surface area contributed by atoms with E-state index in [0.29, 0.717) is 28.3 Å². The fraction of sp³-hybridized carbons (Fsp3) is 0.325. The molecule has 0 saturated carbocycles. The van der Waals surface area contributed by atoms with Gasteiger partial charge in [0.2, 0.25) is 14.3 Å². The Morgan fingerprint density at radius 1 is 1.04 bits per heavy atom. The highest BCUT2D eigenvalue weighted by Crippen LogP contribution is 2.60. The molecule has 282 valence electrons. The normalized spacial score (nSPS) is 20.5. The number of rotatable bonds is 13. The van der Waals surface area contributed by atoms with Gasteiger partial charge in [0.15, 0.2) is 5.60 Å². The summed E-state index contributed by atoms with van der Waals surface area (Å²) in [5.74, 6) is -1.34. The van der Waals surface area contributed by atoms with Crippen LogP contribution in [0.3, 0.4) is 0 Å². The summed E-state index contributed by atoms with van der Waals surface area (Å²) >= 11 is 0. The van der Waals surface area contributed by atoms with E-state index in [0.717, 1.165) is 5.56 Å². The fourth-order valence-electron chi connectivity index (χ4n) is 7.85. The van der Waals surface area contributed by atoms with Crippen LogP contribution in [0.4, 0.5) is 21.2 Å². The predicted octanol–water partition coefficient (Wildman–Crippen LogP) is 6.59. The molecular weight excluding hydrogens is 712 g/mol. The van der Waals surface area contributed by atoms with E-state index in [-0.39, 0.29) is 55.7 Å². The second-order valence-corrected chi connectivity index (χ2v) is 18.0. The van der Waals surface area contributed by atoms with Crippen LogP contribution in [0.15, 0.2) is 97.1 Å². The summed E-state index contributed by atoms with van der Waals surface area (Å²) in [7, 11) is -2.12. The van der Waals surface area contributed by atoms with Crippen molar-refractivity contribution in [1.29, 1.82) is 0 Å². The lowest BCUT2D eigenvalue weighted by molar-refractivity contribution is -0.385. The number of aliphatic hydroxyl groups excluding tert-OH is 1. The fourth-order valence-corrected chi connectivity index (χ4v) is 10.3. The molecule has 1 saturated heterocycles. The molecule has 2 aliphatic heterocycles. The molecular formula is C40H43FN4O8Si. The molecule has 54 heavy (non-hydrogen) atoms. The van der Waals surface area contributed by atoms with Gasteiger partial charge in [-0.25, -0.2) is 0 Å². The van der Waals surface area contributed by atoms with Crippen LogP contribution in [0.25, 0.3) is 0 Å². The molecule has 0 bridgehead atoms. The van der Waals surface area contributed by atoms with Gasteiger partial charge in [-0.3, -0.25) is 24.5 Å². The third kappa shape index (κ3) is 7.49. The van der Waals surface area contributed by atoms with E-state index in [2.05, 4.69) is 5.32 Å². The molecule has 14 heteroatoms. The number of ether oxygens (including phenoxy) is 2. The van der Waals surface area contributed by atoms with Crippen LogP contribution in [0.2, 0.25) is 18.6 Å². The van der Waals surface area contributed by atoms with Gasteiger partial charge in [-0.2, -0.15) is 0 Å². The number of carbonyl (C=O) groups is 3. The Labute approximate surface area is 313 Å². The molecule has 0 aliphatic carbocycles. The van der Waals surface area contributed by atoms with E-state index in [1.54, 1.807) is 62.6 Å². The standard InChI is InChI=1S/C40H43FN4O8Si/c1-26-37(54(3,4)41)35(23-36(47)43(20-21-46)24-27-8-6-5-7-9-27)53-40(26)33-22-31(45(50)51)16-19-34(33)44(39(40)49)25-28-10-14-30(15-11-28)42-38(48)29-12-17-32(52-2)18-13-29/h5-19,22,26,35,37,46H,20-21,23-25H2,1-4H3,(H,42,48)/t26-,35+,37-,40+/m0/s1. The Morgan fingerprint density at radius 3 is 2.33 bits per heavy atom. The highest BCUT2D eigenvalue weighted by molar-refractivity contribution is 6.72. The zero-order chi connectivity index (χ0) is 38.8. The van der Waals surface area contributed by atoms with Crippen LogP contribution < -0.4 is 15.0 Å². The number of carbonyl (C=O) groups excluding carboxylic acids is 3. The van der Waals surface area contributed by atoms with Gasteiger partial charge < -0.3 is 33.8 Å². The first-order chi connectivity index (χ1) is 25.8. The molecule has 3 amide bonds. The van der Waals surface area contributed by atoms with Gasteiger partial charge in [0.1, 0.15) is 5.75 Å². The lowest BCUT2D eigenvalue weighted by Gasteiger charge is -2.31. The summed E-state index contributed by atoms with van der Waals surface area (Å²) in [5, 5.41) is 24.6. The minimum Gasteiger partial charge on any atom is -0.497 e. The minimum absolute atomic E-state index is 0.0496. The first kappa shape index (κ1) is 38.3. The van der Waals surface area contributed by atoms with E-state index in [1.165, 1.54) is 41.1 Å². The van der Waals surface area contributed by atoms with Crippen molar-refractivity contribution in [2.45, 2.75) is 56.8 Å². The number of non-ortho nitro benzene ring substituents is 1. The van der Waals surface area contributed by atoms with Crippen LogP contribution in [0, 0.1) is 16.0 Å². The molecule has 2 aliphatic rings. The molecule has 6 rings (SSSR count). The number of fused-ring (bicyclic) bond motifs is 2. The van der Waals surface area contributed by atoms with Gasteiger partial charge in [0, 0.05) is 53.5 Å². The third-order valence-electron chi connectivity index (χ3n) is 10.4. The number of benzene rings is 4. The predicted molar refractivity (Wildman–Crippen MR) is 203 cm³/mol. The van der Waals surface area contributed by atoms with Crippen LogP contribution >= 0.6 is 0 Å². The summed E-state index contributed by atoms with van der Waals surface area (Å²) in [5.41, 5.74) is 0.308. The summed E-state index contributed by atoms with van der Waals surface area (Å²) in [6.07, 6.45) is -1.26. The van der Waals surface area contributed by atoms with E-state index < -0.39 is 42.4 Å². The van der Waals surface area contributed by atoms with Crippen molar-refractivity contribution < 1.29 is 38.0 Å². The molecule has 0 unspecified atom stereocenters. The van der Waals surface area contributed by atoms with Crippen LogP contribution in [-0.2, 0) is 33.0 Å². The summed E-state index contributed by atoms with van der Waals surface area (Å²) in [4.78, 5) is 55.9. The Bertz CT molecular complexity index is 2030. The second kappa shape index (κ2) is 15.5. The number of nitrogens with zero attached hydrogens (tertiary/aromatic N) is 3. The molecule has 2 N–H and O–H groups in total. The number of aliphatic hydroxyl groups is 1. The Balaban J connectivity index is 1.29. The van der Waals surface area contributed by atoms with Crippen molar-refractivity contribution in [2.24, 2.45) is 5.92 Å². The number of hydrogen-bond donors (Lipinski definition) is 2. The monoisotopic (exact) mass is 754 g/mol. The molecule has 0 radical (unpaired) electrons. The maximum absolute atomic E-state index is 16.4. The lowest BCUT2D eigenvalue weighted by atomic mass is 9.82. The Morgan fingerprint density at radius 2 is 1.72 bits per heavy atom. The minimum atomic E-state index is -3.66. The molecule has 1 spiro atoms. The molecule has 12 nitrogen and oxygen atoms in total. The van der Waals surface area contributed by atoms with Crippen molar-refractivity contribution in [3.05, 3.63) is 129 Å². The first-order valence-electron chi connectivity index (χ1n) is 17.7. The number of nitrogens with one attached hydrogen (secondary N) is 1. The van der Waals surface area contributed by atoms with Gasteiger partial charge in [-0.05, 0) is 66.7 Å². The van der Waals surface area contributed by atoms with Crippen molar-refractivity contribution in [1.82, 2.24) is 4.90 Å². The largest absolute Gasteiger partial charge is 0.497 e. The van der Waals surface area contributed by atoms with E-state index in [4.69, 9.17) is 9.47 Å². The summed E-state index contributed by atoms with van der Waals surface area (Å²) in [6, 6.07) is 27.1. The third-order valence-corrected chi connectivity index (χ3v) is 12.8. The van der Waals surface area contributed by atoms with E-state index in [9.17, 15) is 29.6 Å². The average Bonchev–Trinajstić information content (AvgIpc) is 3.58. The van der Waals surface area contributed by atoms with Gasteiger partial charge >= 0.3 is 0 Å². The zero-order valence-corrected chi connectivity index (χ0v) is 31.5. The van der Waals surface area contributed by atoms with Gasteiger partial charge in [-0.15, -0.1) is 0 Å². The van der Waals surface area contributed by atoms with Crippen LogP contribution in [0.1, 0.15) is 40.4 Å². The molecule has 2 heterocycles. The molecule has 1 fully saturated rings. The number of nitro benzene ring substituents is 1. The van der Waals surface area contributed by atoms with Gasteiger partial charge in [-0.1, -0.05) is 49.4 Å². The molecule has 4 aromatic rings. The van der Waals surface area contributed by atoms with Crippen molar-refractivity contribution in [3.63, 3.8) is 0 Å². The average molecular weight is 755 g/mol. The van der Waals surface area contributed by atoms with E-state index in [1.807, 2.05) is 30.3 Å². The van der Waals surface area contributed by atoms with Crippen LogP contribution in [-0.4, -0.2) is 67.4 Å². The first-order valence-corrected chi connectivity index (χ1v) is 20.7. The van der Waals surface area contributed by atoms with Crippen molar-refractivity contribution in [2.75, 3.05) is 30.5 Å². The Hall–Kier alpha value is -5.44. The maximum atomic E-state index is 16.4. The van der Waals surface area contributed by atoms with Crippen LogP contribution in [0.5, 0.6) is 5.75 Å². The highest BCUT2D eigenvalue weighted by atomic mass is 28.4. The second-order valence-electron chi connectivity index (χ2n) is 14.2. The number of amides is 3. The number of hydrogen-bond acceptors (Lipinski definition) is 8. The number of halogens is 1. The molecule has 4 aromatic carbocycles. The van der Waals surface area contributed by atoms with E-state index >= 15 is 4.11 Å². The molecule has 4 atom stereocenters. The summed E-state index contributed by atoms with van der Waals surface area (Å²) < 4.78 is 28.3. The SMILES string of the molecule is COc1ccc(C(=O)Nc2ccc(CN3C(=O)[C@]4(O[C@H](CC(=O)N(CCO)Cc5ccccc5)[C@@H]([Si](C)(C)F)[C@@H]4C)c4cc([N+](=O)[O-])ccc43)cc2)cc1. The van der Waals surface area contributed by atoms with Gasteiger partial charge in [0.05, 0.1) is 43.4 Å². The van der Waals surface area contributed by atoms with Crippen molar-refractivity contribution >= 4 is 43.2 Å². The number of methoxy groups -OCH3 is 1. The lowest BCUT2D eigenvalue weighted by Crippen LogP contribution is -2.45. The van der Waals surface area contributed by atoms with Gasteiger partial charge in [0.25, 0.3) is 17.5 Å². The molecule has 0 aromatic heterocycles.